The van der Waals surface area contributed by atoms with Crippen LogP contribution in [0.15, 0.2) is 12.2 Å². The minimum Gasteiger partial charge on any atom is -0.394 e. The van der Waals surface area contributed by atoms with Gasteiger partial charge in [-0.25, -0.2) is 0 Å². The summed E-state index contributed by atoms with van der Waals surface area (Å²) < 4.78 is 11.2. The maximum atomic E-state index is 13.0. The van der Waals surface area contributed by atoms with Gasteiger partial charge < -0.3 is 40.3 Å². The standard InChI is InChI=1S/C51H99NO8/c1-3-5-7-9-11-13-15-17-19-21-22-23-25-26-28-30-32-34-36-38-40-45(54)44(43-59-51-50(58)49(57)48(56)46(42-53)60-51)52-47(55)41-39-37-35-33-31-29-27-24-20-18-16-14-12-10-8-6-4-2/h38,40,44-46,48-51,53-54,56-58H,3-37,39,41-43H2,1-2H3,(H,52,55)/b40-38+. The third kappa shape index (κ3) is 31.7. The first-order chi connectivity index (χ1) is 29.3. The van der Waals surface area contributed by atoms with Gasteiger partial charge in [0.05, 0.1) is 25.4 Å². The van der Waals surface area contributed by atoms with E-state index in [1.54, 1.807) is 6.08 Å². The zero-order valence-electron chi connectivity index (χ0n) is 39.2. The summed E-state index contributed by atoms with van der Waals surface area (Å²) in [6.45, 7) is 3.81. The molecule has 7 atom stereocenters. The molecule has 9 heteroatoms. The summed E-state index contributed by atoms with van der Waals surface area (Å²) in [7, 11) is 0. The lowest BCUT2D eigenvalue weighted by Crippen LogP contribution is -2.60. The first kappa shape index (κ1) is 56.9. The fraction of sp³-hybridized carbons (Fsp3) is 0.941. The lowest BCUT2D eigenvalue weighted by Gasteiger charge is -2.40. The minimum absolute atomic E-state index is 0.172. The number of ether oxygens (including phenoxy) is 2. The Balaban J connectivity index is 2.29. The zero-order chi connectivity index (χ0) is 43.7. The van der Waals surface area contributed by atoms with Gasteiger partial charge in [-0.05, 0) is 19.3 Å². The van der Waals surface area contributed by atoms with E-state index >= 15 is 0 Å². The summed E-state index contributed by atoms with van der Waals surface area (Å²) in [5.41, 5.74) is 0. The minimum atomic E-state index is -1.56. The third-order valence-electron chi connectivity index (χ3n) is 12.6. The molecule has 1 saturated heterocycles. The van der Waals surface area contributed by atoms with Crippen molar-refractivity contribution in [1.82, 2.24) is 5.32 Å². The number of rotatable bonds is 44. The second-order valence-corrected chi connectivity index (χ2v) is 18.3. The van der Waals surface area contributed by atoms with Gasteiger partial charge in [-0.3, -0.25) is 4.79 Å². The molecule has 0 saturated carbocycles. The molecule has 9 nitrogen and oxygen atoms in total. The van der Waals surface area contributed by atoms with Gasteiger partial charge in [-0.1, -0.05) is 238 Å². The summed E-state index contributed by atoms with van der Waals surface area (Å²) in [4.78, 5) is 13.0. The highest BCUT2D eigenvalue weighted by Gasteiger charge is 2.44. The second kappa shape index (κ2) is 41.9. The maximum Gasteiger partial charge on any atom is 0.220 e. The third-order valence-corrected chi connectivity index (χ3v) is 12.6. The number of aliphatic hydroxyl groups is 5. The molecule has 1 aliphatic heterocycles. The van der Waals surface area contributed by atoms with Crippen LogP contribution in [-0.2, 0) is 14.3 Å². The second-order valence-electron chi connectivity index (χ2n) is 18.3. The molecule has 1 aliphatic rings. The highest BCUT2D eigenvalue weighted by atomic mass is 16.7. The average molecular weight is 854 g/mol. The molecule has 0 aromatic rings. The Morgan fingerprint density at radius 2 is 0.917 bits per heavy atom. The molecule has 1 heterocycles. The lowest BCUT2D eigenvalue weighted by atomic mass is 9.99. The van der Waals surface area contributed by atoms with Crippen LogP contribution < -0.4 is 5.32 Å². The van der Waals surface area contributed by atoms with Crippen molar-refractivity contribution >= 4 is 5.91 Å². The predicted octanol–water partition coefficient (Wildman–Crippen LogP) is 11.7. The molecule has 0 spiro atoms. The highest BCUT2D eigenvalue weighted by molar-refractivity contribution is 5.76. The summed E-state index contributed by atoms with van der Waals surface area (Å²) >= 11 is 0. The number of allylic oxidation sites excluding steroid dienone is 1. The van der Waals surface area contributed by atoms with Gasteiger partial charge in [0.1, 0.15) is 24.4 Å². The van der Waals surface area contributed by atoms with Crippen molar-refractivity contribution in [2.24, 2.45) is 0 Å². The number of hydrogen-bond acceptors (Lipinski definition) is 8. The van der Waals surface area contributed by atoms with Crippen LogP contribution in [0.3, 0.4) is 0 Å². The van der Waals surface area contributed by atoms with Crippen LogP contribution in [-0.4, -0.2) is 87.5 Å². The van der Waals surface area contributed by atoms with E-state index in [2.05, 4.69) is 19.2 Å². The van der Waals surface area contributed by atoms with Crippen LogP contribution in [0.1, 0.15) is 251 Å². The monoisotopic (exact) mass is 854 g/mol. The number of hydrogen-bond donors (Lipinski definition) is 6. The molecule has 1 rings (SSSR count). The molecule has 7 unspecified atom stereocenters. The van der Waals surface area contributed by atoms with E-state index in [0.29, 0.717) is 6.42 Å². The predicted molar refractivity (Wildman–Crippen MR) is 249 cm³/mol. The summed E-state index contributed by atoms with van der Waals surface area (Å²) in [6.07, 6.45) is 42.6. The number of aliphatic hydroxyl groups excluding tert-OH is 5. The summed E-state index contributed by atoms with van der Waals surface area (Å²) in [5.74, 6) is -0.172. The van der Waals surface area contributed by atoms with Crippen LogP contribution in [0.4, 0.5) is 0 Å². The van der Waals surface area contributed by atoms with Gasteiger partial charge in [-0.2, -0.15) is 0 Å². The van der Waals surface area contributed by atoms with Crippen LogP contribution in [0.2, 0.25) is 0 Å². The Hall–Kier alpha value is -1.07. The lowest BCUT2D eigenvalue weighted by molar-refractivity contribution is -0.302. The molecular weight excluding hydrogens is 755 g/mol. The zero-order valence-corrected chi connectivity index (χ0v) is 39.2. The van der Waals surface area contributed by atoms with E-state index in [1.165, 1.54) is 193 Å². The van der Waals surface area contributed by atoms with Gasteiger partial charge in [0.2, 0.25) is 5.91 Å². The molecule has 0 aromatic heterocycles. The first-order valence-electron chi connectivity index (χ1n) is 25.9. The van der Waals surface area contributed by atoms with Crippen molar-refractivity contribution < 1.29 is 39.8 Å². The molecule has 0 aromatic carbocycles. The molecule has 0 bridgehead atoms. The number of amides is 1. The van der Waals surface area contributed by atoms with Crippen molar-refractivity contribution in [3.05, 3.63) is 12.2 Å². The van der Waals surface area contributed by atoms with Crippen molar-refractivity contribution in [3.63, 3.8) is 0 Å². The van der Waals surface area contributed by atoms with E-state index in [1.807, 2.05) is 6.08 Å². The summed E-state index contributed by atoms with van der Waals surface area (Å²) in [6, 6.07) is -0.799. The van der Waals surface area contributed by atoms with Crippen molar-refractivity contribution in [1.29, 1.82) is 0 Å². The topological polar surface area (TPSA) is 149 Å². The van der Waals surface area contributed by atoms with Gasteiger partial charge in [0.25, 0.3) is 0 Å². The maximum absolute atomic E-state index is 13.0. The van der Waals surface area contributed by atoms with E-state index < -0.39 is 49.5 Å². The number of unbranched alkanes of at least 4 members (excludes halogenated alkanes) is 34. The molecule has 0 radical (unpaired) electrons. The van der Waals surface area contributed by atoms with Crippen LogP contribution in [0, 0.1) is 0 Å². The Morgan fingerprint density at radius 1 is 0.550 bits per heavy atom. The van der Waals surface area contributed by atoms with Crippen molar-refractivity contribution in [3.8, 4) is 0 Å². The van der Waals surface area contributed by atoms with Crippen LogP contribution >= 0.6 is 0 Å². The smallest absolute Gasteiger partial charge is 0.220 e. The number of nitrogens with one attached hydrogen (secondary N) is 1. The molecule has 0 aliphatic carbocycles. The van der Waals surface area contributed by atoms with E-state index in [9.17, 15) is 30.3 Å². The fourth-order valence-electron chi connectivity index (χ4n) is 8.45. The Labute approximate surface area is 369 Å². The molecule has 1 amide bonds. The van der Waals surface area contributed by atoms with Gasteiger partial charge in [0, 0.05) is 6.42 Å². The Bertz CT molecular complexity index is 950. The number of carbonyl (C=O) groups is 1. The number of carbonyl (C=O) groups excluding carboxylic acids is 1. The van der Waals surface area contributed by atoms with Crippen LogP contribution in [0.5, 0.6) is 0 Å². The first-order valence-corrected chi connectivity index (χ1v) is 25.9. The largest absolute Gasteiger partial charge is 0.394 e. The average Bonchev–Trinajstić information content (AvgIpc) is 3.25. The quantitative estimate of drug-likeness (QED) is 0.0262. The fourth-order valence-corrected chi connectivity index (χ4v) is 8.45. The van der Waals surface area contributed by atoms with E-state index in [4.69, 9.17) is 9.47 Å². The van der Waals surface area contributed by atoms with Gasteiger partial charge in [-0.15, -0.1) is 0 Å². The van der Waals surface area contributed by atoms with Gasteiger partial charge >= 0.3 is 0 Å². The highest BCUT2D eigenvalue weighted by Crippen LogP contribution is 2.23. The Kier molecular flexibility index (Phi) is 39.8. The van der Waals surface area contributed by atoms with Crippen molar-refractivity contribution in [2.75, 3.05) is 13.2 Å². The molecule has 6 N–H and O–H groups in total. The molecule has 60 heavy (non-hydrogen) atoms. The SMILES string of the molecule is CCCCCCCCCCCCCCCCCCCC/C=C/C(O)C(COC1OC(CO)C(O)C(O)C1O)NC(=O)CCCCCCCCCCCCCCCCCCC. The molecular formula is C51H99NO8. The van der Waals surface area contributed by atoms with E-state index in [0.717, 1.165) is 38.5 Å². The molecule has 356 valence electrons. The summed E-state index contributed by atoms with van der Waals surface area (Å²) in [5, 5.41) is 54.4. The molecule has 1 fully saturated rings. The Morgan fingerprint density at radius 3 is 1.30 bits per heavy atom. The van der Waals surface area contributed by atoms with Crippen LogP contribution in [0.25, 0.3) is 0 Å². The normalized spacial score (nSPS) is 20.6. The van der Waals surface area contributed by atoms with Crippen molar-refractivity contribution in [2.45, 2.75) is 294 Å². The van der Waals surface area contributed by atoms with Gasteiger partial charge in [0.15, 0.2) is 6.29 Å². The van der Waals surface area contributed by atoms with E-state index in [-0.39, 0.29) is 12.5 Å².